The van der Waals surface area contributed by atoms with Crippen LogP contribution in [-0.2, 0) is 0 Å². The Kier molecular flexibility index (Phi) is 4.33. The van der Waals surface area contributed by atoms with Crippen LogP contribution in [0.5, 0.6) is 0 Å². The monoisotopic (exact) mass is 254 g/mol. The Bertz CT molecular complexity index is 561. The first kappa shape index (κ1) is 13.8. The molecule has 1 aromatic heterocycles. The Morgan fingerprint density at radius 2 is 1.95 bits per heavy atom. The summed E-state index contributed by atoms with van der Waals surface area (Å²) >= 11 is 0. The molecule has 0 aliphatic carbocycles. The maximum absolute atomic E-state index is 4.29. The molecular weight excluding hydrogens is 232 g/mol. The van der Waals surface area contributed by atoms with Gasteiger partial charge in [0.25, 0.3) is 0 Å². The molecule has 0 bridgehead atoms. The third-order valence-corrected chi connectivity index (χ3v) is 3.62. The van der Waals surface area contributed by atoms with E-state index in [2.05, 4.69) is 61.4 Å². The Labute approximate surface area is 115 Å². The van der Waals surface area contributed by atoms with Gasteiger partial charge in [-0.2, -0.15) is 0 Å². The first-order chi connectivity index (χ1) is 9.13. The van der Waals surface area contributed by atoms with E-state index in [1.54, 1.807) is 0 Å². The van der Waals surface area contributed by atoms with Gasteiger partial charge in [-0.1, -0.05) is 25.1 Å². The first-order valence-corrected chi connectivity index (χ1v) is 6.85. The van der Waals surface area contributed by atoms with Gasteiger partial charge in [0.2, 0.25) is 0 Å². The lowest BCUT2D eigenvalue weighted by Gasteiger charge is -2.22. The van der Waals surface area contributed by atoms with Gasteiger partial charge in [-0.15, -0.1) is 0 Å². The Hall–Kier alpha value is -1.67. The number of aryl methyl sites for hydroxylation is 2. The second-order valence-corrected chi connectivity index (χ2v) is 5.01. The van der Waals surface area contributed by atoms with Crippen LogP contribution in [-0.4, -0.2) is 11.5 Å². The van der Waals surface area contributed by atoms with Crippen molar-refractivity contribution in [2.24, 2.45) is 0 Å². The van der Waals surface area contributed by atoms with Gasteiger partial charge in [-0.25, -0.2) is 0 Å². The molecule has 0 aliphatic heterocycles. The third-order valence-electron chi connectivity index (χ3n) is 3.62. The van der Waals surface area contributed by atoms with Crippen molar-refractivity contribution in [3.63, 3.8) is 0 Å². The van der Waals surface area contributed by atoms with Crippen molar-refractivity contribution < 1.29 is 0 Å². The summed E-state index contributed by atoms with van der Waals surface area (Å²) in [5.74, 6) is 0. The molecule has 0 saturated carbocycles. The molecule has 1 atom stereocenters. The van der Waals surface area contributed by atoms with Gasteiger partial charge in [-0.05, 0) is 61.7 Å². The fraction of sp³-hybridized carbons (Fsp3) is 0.353. The normalized spacial score (nSPS) is 12.4. The molecule has 0 radical (unpaired) electrons. The van der Waals surface area contributed by atoms with Crippen LogP contribution in [0.4, 0.5) is 0 Å². The predicted molar refractivity (Wildman–Crippen MR) is 80.4 cm³/mol. The number of benzene rings is 1. The molecule has 2 nitrogen and oxygen atoms in total. The number of hydrogen-bond acceptors (Lipinski definition) is 2. The highest BCUT2D eigenvalue weighted by Gasteiger charge is 2.15. The summed E-state index contributed by atoms with van der Waals surface area (Å²) in [5, 5.41) is 3.58. The van der Waals surface area contributed by atoms with E-state index in [0.29, 0.717) is 0 Å². The maximum Gasteiger partial charge on any atom is 0.0580 e. The van der Waals surface area contributed by atoms with Gasteiger partial charge < -0.3 is 5.32 Å². The summed E-state index contributed by atoms with van der Waals surface area (Å²) in [5.41, 5.74) is 6.40. The van der Waals surface area contributed by atoms with Gasteiger partial charge in [0.15, 0.2) is 0 Å². The molecule has 1 heterocycles. The van der Waals surface area contributed by atoms with E-state index in [0.717, 1.165) is 12.2 Å². The lowest BCUT2D eigenvalue weighted by atomic mass is 9.93. The van der Waals surface area contributed by atoms with E-state index in [9.17, 15) is 0 Å². The van der Waals surface area contributed by atoms with Crippen LogP contribution >= 0.6 is 0 Å². The standard InChI is InChI=1S/C17H22N2/c1-5-18-17(15-9-10-19-13(3)11-15)16-8-6-7-12(2)14(16)4/h6-11,17-18H,5H2,1-4H3. The summed E-state index contributed by atoms with van der Waals surface area (Å²) in [4.78, 5) is 4.29. The molecule has 100 valence electrons. The number of aromatic nitrogens is 1. The van der Waals surface area contributed by atoms with Crippen molar-refractivity contribution in [3.8, 4) is 0 Å². The number of nitrogens with one attached hydrogen (secondary N) is 1. The summed E-state index contributed by atoms with van der Waals surface area (Å²) in [6.07, 6.45) is 1.89. The van der Waals surface area contributed by atoms with Crippen molar-refractivity contribution in [1.82, 2.24) is 10.3 Å². The van der Waals surface area contributed by atoms with E-state index in [-0.39, 0.29) is 6.04 Å². The van der Waals surface area contributed by atoms with Crippen LogP contribution < -0.4 is 5.32 Å². The van der Waals surface area contributed by atoms with Crippen LogP contribution in [0.15, 0.2) is 36.5 Å². The fourth-order valence-corrected chi connectivity index (χ4v) is 2.45. The molecule has 1 unspecified atom stereocenters. The Balaban J connectivity index is 2.48. The quantitative estimate of drug-likeness (QED) is 0.899. The highest BCUT2D eigenvalue weighted by Crippen LogP contribution is 2.26. The predicted octanol–water partition coefficient (Wildman–Crippen LogP) is 3.71. The first-order valence-electron chi connectivity index (χ1n) is 6.85. The van der Waals surface area contributed by atoms with Crippen molar-refractivity contribution >= 4 is 0 Å². The molecule has 2 heteroatoms. The molecule has 1 N–H and O–H groups in total. The average Bonchev–Trinajstić information content (AvgIpc) is 2.40. The highest BCUT2D eigenvalue weighted by atomic mass is 14.9. The van der Waals surface area contributed by atoms with E-state index >= 15 is 0 Å². The highest BCUT2D eigenvalue weighted by molar-refractivity contribution is 5.40. The van der Waals surface area contributed by atoms with Gasteiger partial charge in [0.1, 0.15) is 0 Å². The summed E-state index contributed by atoms with van der Waals surface area (Å²) < 4.78 is 0. The zero-order chi connectivity index (χ0) is 13.8. The lowest BCUT2D eigenvalue weighted by Crippen LogP contribution is -2.23. The average molecular weight is 254 g/mol. The van der Waals surface area contributed by atoms with E-state index < -0.39 is 0 Å². The molecule has 0 fully saturated rings. The Morgan fingerprint density at radius 3 is 2.63 bits per heavy atom. The molecule has 0 aliphatic rings. The molecule has 0 spiro atoms. The Morgan fingerprint density at radius 1 is 1.16 bits per heavy atom. The zero-order valence-corrected chi connectivity index (χ0v) is 12.2. The van der Waals surface area contributed by atoms with E-state index in [1.807, 2.05) is 13.1 Å². The molecule has 2 aromatic rings. The SMILES string of the molecule is CCNC(c1ccnc(C)c1)c1cccc(C)c1C. The number of rotatable bonds is 4. The topological polar surface area (TPSA) is 24.9 Å². The molecular formula is C17H22N2. The molecule has 0 amide bonds. The van der Waals surface area contributed by atoms with Crippen molar-refractivity contribution in [1.29, 1.82) is 0 Å². The number of hydrogen-bond donors (Lipinski definition) is 1. The minimum absolute atomic E-state index is 0.242. The smallest absolute Gasteiger partial charge is 0.0580 e. The fourth-order valence-electron chi connectivity index (χ4n) is 2.45. The largest absolute Gasteiger partial charge is 0.307 e. The van der Waals surface area contributed by atoms with Gasteiger partial charge in [-0.3, -0.25) is 4.98 Å². The lowest BCUT2D eigenvalue weighted by molar-refractivity contribution is 0.626. The van der Waals surface area contributed by atoms with Crippen molar-refractivity contribution in [2.75, 3.05) is 6.54 Å². The maximum atomic E-state index is 4.29. The van der Waals surface area contributed by atoms with E-state index in [4.69, 9.17) is 0 Å². The van der Waals surface area contributed by atoms with Crippen LogP contribution in [0.25, 0.3) is 0 Å². The van der Waals surface area contributed by atoms with Crippen LogP contribution in [0.3, 0.4) is 0 Å². The zero-order valence-electron chi connectivity index (χ0n) is 12.2. The summed E-state index contributed by atoms with van der Waals surface area (Å²) in [6, 6.07) is 11.0. The minimum atomic E-state index is 0.242. The molecule has 1 aromatic carbocycles. The van der Waals surface area contributed by atoms with Gasteiger partial charge in [0, 0.05) is 11.9 Å². The van der Waals surface area contributed by atoms with Crippen LogP contribution in [0.2, 0.25) is 0 Å². The summed E-state index contributed by atoms with van der Waals surface area (Å²) in [6.45, 7) is 9.49. The summed E-state index contributed by atoms with van der Waals surface area (Å²) in [7, 11) is 0. The second kappa shape index (κ2) is 5.98. The number of pyridine rings is 1. The molecule has 2 rings (SSSR count). The van der Waals surface area contributed by atoms with Gasteiger partial charge >= 0.3 is 0 Å². The van der Waals surface area contributed by atoms with Crippen LogP contribution in [0, 0.1) is 20.8 Å². The molecule has 19 heavy (non-hydrogen) atoms. The van der Waals surface area contributed by atoms with Gasteiger partial charge in [0.05, 0.1) is 6.04 Å². The van der Waals surface area contributed by atoms with E-state index in [1.165, 1.54) is 22.3 Å². The third kappa shape index (κ3) is 3.02. The van der Waals surface area contributed by atoms with Crippen LogP contribution in [0.1, 0.15) is 40.9 Å². The molecule has 0 saturated heterocycles. The van der Waals surface area contributed by atoms with Crippen molar-refractivity contribution in [2.45, 2.75) is 33.7 Å². The number of nitrogens with zero attached hydrogens (tertiary/aromatic N) is 1. The minimum Gasteiger partial charge on any atom is -0.307 e. The van der Waals surface area contributed by atoms with Crippen molar-refractivity contribution in [3.05, 3.63) is 64.5 Å². The second-order valence-electron chi connectivity index (χ2n) is 5.01.